The number of nitrogens with one attached hydrogen (secondary N) is 1. The first-order valence-corrected chi connectivity index (χ1v) is 6.67. The first-order valence-electron chi connectivity index (χ1n) is 6.67. The van der Waals surface area contributed by atoms with Gasteiger partial charge in [-0.1, -0.05) is 12.1 Å². The highest BCUT2D eigenvalue weighted by Crippen LogP contribution is 2.47. The van der Waals surface area contributed by atoms with Crippen LogP contribution in [0.1, 0.15) is 24.3 Å². The fourth-order valence-corrected chi connectivity index (χ4v) is 2.26. The molecule has 1 aliphatic rings. The second-order valence-electron chi connectivity index (χ2n) is 4.86. The van der Waals surface area contributed by atoms with Gasteiger partial charge in [0.15, 0.2) is 0 Å². The maximum absolute atomic E-state index is 11.9. The average Bonchev–Trinajstić information content (AvgIpc) is 3.24. The fourth-order valence-electron chi connectivity index (χ4n) is 2.26. The number of methoxy groups -OCH3 is 2. The van der Waals surface area contributed by atoms with Gasteiger partial charge in [-0.2, -0.15) is 0 Å². The maximum atomic E-state index is 11.9. The second kappa shape index (κ2) is 6.57. The molecular weight excluding hydrogens is 242 g/mol. The quantitative estimate of drug-likeness (QED) is 0.765. The molecule has 19 heavy (non-hydrogen) atoms. The topological polar surface area (TPSA) is 47.6 Å². The molecule has 0 radical (unpaired) electrons. The van der Waals surface area contributed by atoms with E-state index in [2.05, 4.69) is 5.32 Å². The van der Waals surface area contributed by atoms with E-state index in [-0.39, 0.29) is 11.8 Å². The van der Waals surface area contributed by atoms with Crippen molar-refractivity contribution in [3.05, 3.63) is 29.8 Å². The van der Waals surface area contributed by atoms with Crippen molar-refractivity contribution in [2.45, 2.75) is 18.8 Å². The van der Waals surface area contributed by atoms with E-state index < -0.39 is 0 Å². The highest BCUT2D eigenvalue weighted by Gasteiger charge is 2.43. The zero-order chi connectivity index (χ0) is 13.7. The van der Waals surface area contributed by atoms with E-state index >= 15 is 0 Å². The predicted molar refractivity (Wildman–Crippen MR) is 73.3 cm³/mol. The third-order valence-corrected chi connectivity index (χ3v) is 3.50. The zero-order valence-corrected chi connectivity index (χ0v) is 11.5. The maximum Gasteiger partial charge on any atom is 0.223 e. The van der Waals surface area contributed by atoms with Crippen molar-refractivity contribution in [1.82, 2.24) is 5.32 Å². The van der Waals surface area contributed by atoms with Gasteiger partial charge in [0.05, 0.1) is 7.11 Å². The van der Waals surface area contributed by atoms with Crippen molar-refractivity contribution in [2.24, 2.45) is 5.92 Å². The Morgan fingerprint density at radius 1 is 1.32 bits per heavy atom. The van der Waals surface area contributed by atoms with E-state index in [0.717, 1.165) is 18.6 Å². The number of hydrogen-bond donors (Lipinski definition) is 1. The minimum Gasteiger partial charge on any atom is -0.497 e. The molecule has 1 N–H and O–H groups in total. The summed E-state index contributed by atoms with van der Waals surface area (Å²) in [5.74, 6) is 1.52. The number of rotatable bonds is 7. The molecule has 4 heteroatoms. The van der Waals surface area contributed by atoms with Gasteiger partial charge < -0.3 is 14.8 Å². The van der Waals surface area contributed by atoms with Crippen LogP contribution >= 0.6 is 0 Å². The standard InChI is InChI=1S/C15H21NO3/c1-18-9-3-8-16-15(17)14-10-13(14)11-4-6-12(19-2)7-5-11/h4-7,13-14H,3,8-10H2,1-2H3,(H,16,17). The van der Waals surface area contributed by atoms with Crippen LogP contribution in [0.4, 0.5) is 0 Å². The van der Waals surface area contributed by atoms with Crippen LogP contribution in [0.5, 0.6) is 5.75 Å². The normalized spacial score (nSPS) is 20.9. The average molecular weight is 263 g/mol. The van der Waals surface area contributed by atoms with Gasteiger partial charge in [-0.25, -0.2) is 0 Å². The van der Waals surface area contributed by atoms with Crippen LogP contribution in [-0.2, 0) is 9.53 Å². The van der Waals surface area contributed by atoms with E-state index in [1.807, 2.05) is 24.3 Å². The van der Waals surface area contributed by atoms with Gasteiger partial charge in [0.2, 0.25) is 5.91 Å². The molecule has 1 aliphatic carbocycles. The van der Waals surface area contributed by atoms with Gasteiger partial charge in [0.1, 0.15) is 5.75 Å². The molecule has 2 rings (SSSR count). The molecule has 0 aliphatic heterocycles. The van der Waals surface area contributed by atoms with Crippen LogP contribution in [0.15, 0.2) is 24.3 Å². The van der Waals surface area contributed by atoms with Crippen molar-refractivity contribution in [3.63, 3.8) is 0 Å². The predicted octanol–water partition coefficient (Wildman–Crippen LogP) is 1.95. The summed E-state index contributed by atoms with van der Waals surface area (Å²) in [5, 5.41) is 2.96. The molecule has 1 fully saturated rings. The number of benzene rings is 1. The lowest BCUT2D eigenvalue weighted by molar-refractivity contribution is -0.122. The van der Waals surface area contributed by atoms with Gasteiger partial charge in [0, 0.05) is 26.2 Å². The first kappa shape index (κ1) is 13.9. The summed E-state index contributed by atoms with van der Waals surface area (Å²) in [6, 6.07) is 7.98. The molecule has 1 aromatic carbocycles. The Bertz CT molecular complexity index is 416. The van der Waals surface area contributed by atoms with E-state index in [9.17, 15) is 4.79 Å². The van der Waals surface area contributed by atoms with Crippen LogP contribution in [0.2, 0.25) is 0 Å². The summed E-state index contributed by atoms with van der Waals surface area (Å²) in [6.45, 7) is 1.38. The number of carbonyl (C=O) groups is 1. The van der Waals surface area contributed by atoms with Crippen molar-refractivity contribution >= 4 is 5.91 Å². The summed E-state index contributed by atoms with van der Waals surface area (Å²) in [6.07, 6.45) is 1.81. The van der Waals surface area contributed by atoms with Crippen LogP contribution < -0.4 is 10.1 Å². The first-order chi connectivity index (χ1) is 9.26. The summed E-state index contributed by atoms with van der Waals surface area (Å²) in [5.41, 5.74) is 1.22. The molecule has 0 aromatic heterocycles. The van der Waals surface area contributed by atoms with Gasteiger partial charge >= 0.3 is 0 Å². The van der Waals surface area contributed by atoms with E-state index in [1.54, 1.807) is 14.2 Å². The molecule has 4 nitrogen and oxygen atoms in total. The Hall–Kier alpha value is -1.55. The molecular formula is C15H21NO3. The smallest absolute Gasteiger partial charge is 0.223 e. The lowest BCUT2D eigenvalue weighted by Gasteiger charge is -2.05. The molecule has 0 bridgehead atoms. The molecule has 2 atom stereocenters. The summed E-state index contributed by atoms with van der Waals surface area (Å²) in [7, 11) is 3.32. The lowest BCUT2D eigenvalue weighted by Crippen LogP contribution is -2.27. The van der Waals surface area contributed by atoms with Gasteiger partial charge in [-0.05, 0) is 36.5 Å². The van der Waals surface area contributed by atoms with E-state index in [4.69, 9.17) is 9.47 Å². The summed E-state index contributed by atoms with van der Waals surface area (Å²) in [4.78, 5) is 11.9. The molecule has 0 spiro atoms. The fraction of sp³-hybridized carbons (Fsp3) is 0.533. The molecule has 0 heterocycles. The van der Waals surface area contributed by atoms with Crippen LogP contribution in [0, 0.1) is 5.92 Å². The molecule has 104 valence electrons. The highest BCUT2D eigenvalue weighted by molar-refractivity contribution is 5.82. The van der Waals surface area contributed by atoms with Crippen LogP contribution in [-0.4, -0.2) is 33.3 Å². The number of carbonyl (C=O) groups excluding carboxylic acids is 1. The third kappa shape index (κ3) is 3.70. The summed E-state index contributed by atoms with van der Waals surface area (Å²) >= 11 is 0. The molecule has 1 saturated carbocycles. The molecule has 1 amide bonds. The van der Waals surface area contributed by atoms with E-state index in [1.165, 1.54) is 5.56 Å². The monoisotopic (exact) mass is 263 g/mol. The SMILES string of the molecule is COCCCNC(=O)C1CC1c1ccc(OC)cc1. The molecule has 0 saturated heterocycles. The number of amides is 1. The van der Waals surface area contributed by atoms with Crippen molar-refractivity contribution in [1.29, 1.82) is 0 Å². The largest absolute Gasteiger partial charge is 0.497 e. The number of ether oxygens (including phenoxy) is 2. The lowest BCUT2D eigenvalue weighted by atomic mass is 10.1. The summed E-state index contributed by atoms with van der Waals surface area (Å²) < 4.78 is 10.1. The Balaban J connectivity index is 1.77. The Kier molecular flexibility index (Phi) is 4.80. The van der Waals surface area contributed by atoms with Crippen molar-refractivity contribution in [2.75, 3.05) is 27.4 Å². The van der Waals surface area contributed by atoms with Crippen LogP contribution in [0.3, 0.4) is 0 Å². The Labute approximate surface area is 114 Å². The Morgan fingerprint density at radius 3 is 2.68 bits per heavy atom. The van der Waals surface area contributed by atoms with Crippen molar-refractivity contribution in [3.8, 4) is 5.75 Å². The van der Waals surface area contributed by atoms with Crippen LogP contribution in [0.25, 0.3) is 0 Å². The minimum atomic E-state index is 0.135. The zero-order valence-electron chi connectivity index (χ0n) is 11.5. The number of hydrogen-bond acceptors (Lipinski definition) is 3. The minimum absolute atomic E-state index is 0.135. The van der Waals surface area contributed by atoms with Gasteiger partial charge in [0.25, 0.3) is 0 Å². The second-order valence-corrected chi connectivity index (χ2v) is 4.86. The molecule has 2 unspecified atom stereocenters. The Morgan fingerprint density at radius 2 is 2.05 bits per heavy atom. The van der Waals surface area contributed by atoms with Gasteiger partial charge in [-0.15, -0.1) is 0 Å². The van der Waals surface area contributed by atoms with E-state index in [0.29, 0.717) is 19.1 Å². The van der Waals surface area contributed by atoms with Gasteiger partial charge in [-0.3, -0.25) is 4.79 Å². The molecule has 1 aromatic rings. The third-order valence-electron chi connectivity index (χ3n) is 3.50. The van der Waals surface area contributed by atoms with Crippen molar-refractivity contribution < 1.29 is 14.3 Å². The highest BCUT2D eigenvalue weighted by atomic mass is 16.5.